The van der Waals surface area contributed by atoms with Gasteiger partial charge in [0.1, 0.15) is 0 Å². The number of thioether (sulfide) groups is 1. The van der Waals surface area contributed by atoms with E-state index >= 15 is 0 Å². The van der Waals surface area contributed by atoms with Crippen molar-refractivity contribution in [1.29, 1.82) is 0 Å². The van der Waals surface area contributed by atoms with Crippen LogP contribution in [0.2, 0.25) is 0 Å². The summed E-state index contributed by atoms with van der Waals surface area (Å²) in [6.45, 7) is 0.666. The number of carbonyl (C=O) groups is 1. The molecule has 2 heterocycles. The molecule has 0 saturated carbocycles. The van der Waals surface area contributed by atoms with Gasteiger partial charge in [0.25, 0.3) is 11.1 Å². The molecule has 3 aromatic rings. The average molecular weight is 411 g/mol. The van der Waals surface area contributed by atoms with Crippen molar-refractivity contribution in [2.24, 2.45) is 0 Å². The second-order valence-electron chi connectivity index (χ2n) is 6.57. The fourth-order valence-electron chi connectivity index (χ4n) is 2.85. The predicted octanol–water partition coefficient (Wildman–Crippen LogP) is 4.22. The molecule has 0 aliphatic carbocycles. The Kier molecular flexibility index (Phi) is 6.56. The molecular weight excluding hydrogens is 390 g/mol. The number of amides is 1. The summed E-state index contributed by atoms with van der Waals surface area (Å²) in [6, 6.07) is 17.0. The molecule has 7 nitrogen and oxygen atoms in total. The van der Waals surface area contributed by atoms with Crippen LogP contribution in [0.5, 0.6) is 0 Å². The Bertz CT molecular complexity index is 925. The molecule has 0 spiro atoms. The largest absolute Gasteiger partial charge is 0.411 e. The molecule has 1 amide bonds. The van der Waals surface area contributed by atoms with Gasteiger partial charge in [-0.2, -0.15) is 0 Å². The normalized spacial score (nSPS) is 16.5. The molecule has 0 radical (unpaired) electrons. The van der Waals surface area contributed by atoms with Gasteiger partial charge in [-0.05, 0) is 42.7 Å². The Morgan fingerprint density at radius 3 is 2.69 bits per heavy atom. The molecule has 1 N–H and O–H groups in total. The van der Waals surface area contributed by atoms with E-state index in [1.54, 1.807) is 12.1 Å². The third-order valence-electron chi connectivity index (χ3n) is 4.43. The highest BCUT2D eigenvalue weighted by molar-refractivity contribution is 7.98. The van der Waals surface area contributed by atoms with Gasteiger partial charge in [0.2, 0.25) is 5.89 Å². The van der Waals surface area contributed by atoms with Crippen molar-refractivity contribution in [3.8, 4) is 11.5 Å². The fourth-order valence-corrected chi connectivity index (χ4v) is 3.56. The summed E-state index contributed by atoms with van der Waals surface area (Å²) in [5, 5.41) is 8.66. The third kappa shape index (κ3) is 5.44. The van der Waals surface area contributed by atoms with Crippen LogP contribution in [0, 0.1) is 0 Å². The maximum absolute atomic E-state index is 12.2. The minimum Gasteiger partial charge on any atom is -0.411 e. The highest BCUT2D eigenvalue weighted by Gasteiger charge is 2.16. The monoisotopic (exact) mass is 411 g/mol. The topological polar surface area (TPSA) is 86.5 Å². The second-order valence-corrected chi connectivity index (χ2v) is 7.50. The fraction of sp³-hybridized carbons (Fsp3) is 0.286. The summed E-state index contributed by atoms with van der Waals surface area (Å²) in [7, 11) is 0. The molecular formula is C21H21N3O4S. The summed E-state index contributed by atoms with van der Waals surface area (Å²) in [4.78, 5) is 17.5. The van der Waals surface area contributed by atoms with Crippen LogP contribution < -0.4 is 5.48 Å². The van der Waals surface area contributed by atoms with Crippen LogP contribution in [0.1, 0.15) is 35.2 Å². The summed E-state index contributed by atoms with van der Waals surface area (Å²) >= 11 is 1.45. The van der Waals surface area contributed by atoms with Crippen molar-refractivity contribution in [3.05, 3.63) is 65.7 Å². The molecule has 29 heavy (non-hydrogen) atoms. The minimum atomic E-state index is -0.362. The van der Waals surface area contributed by atoms with Crippen molar-refractivity contribution in [2.45, 2.75) is 36.5 Å². The van der Waals surface area contributed by atoms with Crippen molar-refractivity contribution in [1.82, 2.24) is 15.7 Å². The lowest BCUT2D eigenvalue weighted by molar-refractivity contribution is -0.186. The Morgan fingerprint density at radius 1 is 1.10 bits per heavy atom. The SMILES string of the molecule is O=C(NOC1CCCCO1)c1ccc(CSc2nnc(-c3ccccc3)o2)cc1. The molecule has 1 aliphatic heterocycles. The summed E-state index contributed by atoms with van der Waals surface area (Å²) < 4.78 is 11.1. The number of hydroxylamine groups is 1. The van der Waals surface area contributed by atoms with Crippen LogP contribution in [-0.4, -0.2) is 29.0 Å². The molecule has 8 heteroatoms. The highest BCUT2D eigenvalue weighted by atomic mass is 32.2. The number of nitrogens with zero attached hydrogens (tertiary/aromatic N) is 2. The van der Waals surface area contributed by atoms with Crippen molar-refractivity contribution >= 4 is 17.7 Å². The smallest absolute Gasteiger partial charge is 0.277 e. The van der Waals surface area contributed by atoms with E-state index in [1.807, 2.05) is 42.5 Å². The Labute approximate surface area is 172 Å². The zero-order valence-electron chi connectivity index (χ0n) is 15.7. The van der Waals surface area contributed by atoms with Crippen LogP contribution in [0.3, 0.4) is 0 Å². The van der Waals surface area contributed by atoms with Crippen LogP contribution in [-0.2, 0) is 15.3 Å². The molecule has 1 atom stereocenters. The maximum atomic E-state index is 12.2. The molecule has 1 unspecified atom stereocenters. The number of rotatable bonds is 7. The van der Waals surface area contributed by atoms with Crippen molar-refractivity contribution < 1.29 is 18.8 Å². The zero-order chi connectivity index (χ0) is 19.9. The van der Waals surface area contributed by atoms with E-state index in [2.05, 4.69) is 15.7 Å². The van der Waals surface area contributed by atoms with Gasteiger partial charge in [-0.3, -0.25) is 4.79 Å². The quantitative estimate of drug-likeness (QED) is 0.460. The average Bonchev–Trinajstić information content (AvgIpc) is 3.27. The Morgan fingerprint density at radius 2 is 1.93 bits per heavy atom. The van der Waals surface area contributed by atoms with E-state index in [1.165, 1.54) is 11.8 Å². The van der Waals surface area contributed by atoms with E-state index in [4.69, 9.17) is 14.0 Å². The first-order valence-corrected chi connectivity index (χ1v) is 10.4. The first-order valence-electron chi connectivity index (χ1n) is 9.46. The number of benzene rings is 2. The summed E-state index contributed by atoms with van der Waals surface area (Å²) in [6.07, 6.45) is 2.50. The van der Waals surface area contributed by atoms with E-state index in [9.17, 15) is 4.79 Å². The van der Waals surface area contributed by atoms with Gasteiger partial charge >= 0.3 is 0 Å². The highest BCUT2D eigenvalue weighted by Crippen LogP contribution is 2.25. The number of hydrogen-bond donors (Lipinski definition) is 1. The standard InChI is InChI=1S/C21H21N3O4S/c25-19(24-28-18-8-4-5-13-26-18)16-11-9-15(10-12-16)14-29-21-23-22-20(27-21)17-6-2-1-3-7-17/h1-3,6-7,9-12,18H,4-5,8,13-14H2,(H,24,25). The zero-order valence-corrected chi connectivity index (χ0v) is 16.6. The molecule has 1 aliphatic rings. The number of hydrogen-bond acceptors (Lipinski definition) is 7. The lowest BCUT2D eigenvalue weighted by atomic mass is 10.1. The molecule has 1 fully saturated rings. The first kappa shape index (κ1) is 19.6. The number of carbonyl (C=O) groups excluding carboxylic acids is 1. The van der Waals surface area contributed by atoms with Gasteiger partial charge < -0.3 is 9.15 Å². The molecule has 4 rings (SSSR count). The van der Waals surface area contributed by atoms with Gasteiger partial charge in [-0.25, -0.2) is 10.3 Å². The predicted molar refractivity (Wildman–Crippen MR) is 108 cm³/mol. The molecule has 0 bridgehead atoms. The van der Waals surface area contributed by atoms with Crippen LogP contribution in [0.15, 0.2) is 64.2 Å². The second kappa shape index (κ2) is 9.69. The van der Waals surface area contributed by atoms with Crippen LogP contribution >= 0.6 is 11.8 Å². The first-order chi connectivity index (χ1) is 14.3. The van der Waals surface area contributed by atoms with Gasteiger partial charge in [-0.1, -0.05) is 42.1 Å². The van der Waals surface area contributed by atoms with E-state index in [0.29, 0.717) is 29.0 Å². The Balaban J connectivity index is 1.27. The Hall–Kier alpha value is -2.68. The van der Waals surface area contributed by atoms with Crippen molar-refractivity contribution in [3.63, 3.8) is 0 Å². The maximum Gasteiger partial charge on any atom is 0.277 e. The molecule has 2 aromatic carbocycles. The van der Waals surface area contributed by atoms with E-state index < -0.39 is 0 Å². The minimum absolute atomic E-state index is 0.289. The molecule has 150 valence electrons. The molecule has 1 saturated heterocycles. The van der Waals surface area contributed by atoms with Gasteiger partial charge in [0.05, 0.1) is 0 Å². The summed E-state index contributed by atoms with van der Waals surface area (Å²) in [5.41, 5.74) is 4.92. The van der Waals surface area contributed by atoms with Gasteiger partial charge in [0.15, 0.2) is 6.29 Å². The number of ether oxygens (including phenoxy) is 1. The van der Waals surface area contributed by atoms with Crippen LogP contribution in [0.4, 0.5) is 0 Å². The number of nitrogens with one attached hydrogen (secondary N) is 1. The lowest BCUT2D eigenvalue weighted by Crippen LogP contribution is -2.33. The molecule has 1 aromatic heterocycles. The third-order valence-corrected chi connectivity index (χ3v) is 5.32. The van der Waals surface area contributed by atoms with Crippen molar-refractivity contribution in [2.75, 3.05) is 6.61 Å². The van der Waals surface area contributed by atoms with E-state index in [0.717, 1.165) is 30.4 Å². The van der Waals surface area contributed by atoms with Gasteiger partial charge in [0, 0.05) is 29.9 Å². The van der Waals surface area contributed by atoms with Crippen LogP contribution in [0.25, 0.3) is 11.5 Å². The summed E-state index contributed by atoms with van der Waals surface area (Å²) in [5.74, 6) is 0.870. The van der Waals surface area contributed by atoms with E-state index in [-0.39, 0.29) is 12.2 Å². The number of aromatic nitrogens is 2. The van der Waals surface area contributed by atoms with Gasteiger partial charge in [-0.15, -0.1) is 10.2 Å². The lowest BCUT2D eigenvalue weighted by Gasteiger charge is -2.22.